The lowest BCUT2D eigenvalue weighted by Crippen LogP contribution is -2.25. The van der Waals surface area contributed by atoms with Gasteiger partial charge in [0.15, 0.2) is 0 Å². The molecule has 0 aliphatic rings. The molecule has 0 aliphatic heterocycles. The molecule has 0 saturated heterocycles. The number of nitrogen functional groups attached to an aromatic ring is 1. The highest BCUT2D eigenvalue weighted by molar-refractivity contribution is 5.96. The first-order valence-electron chi connectivity index (χ1n) is 11.3. The SMILES string of the molecule is CC(C)COC(=O)NCc1cnc(Nc2cc(COc3ccc(N)c4ccccc34)ccn2)cn1. The number of carbonyl (C=O) groups is 1. The summed E-state index contributed by atoms with van der Waals surface area (Å²) in [6.07, 6.45) is 4.40. The molecule has 0 atom stereocenters. The van der Waals surface area contributed by atoms with Crippen molar-refractivity contribution in [3.05, 3.63) is 78.4 Å². The first-order chi connectivity index (χ1) is 17.0. The first-order valence-corrected chi connectivity index (χ1v) is 11.3. The molecular weight excluding hydrogens is 444 g/mol. The summed E-state index contributed by atoms with van der Waals surface area (Å²) >= 11 is 0. The van der Waals surface area contributed by atoms with Crippen molar-refractivity contribution in [3.63, 3.8) is 0 Å². The molecule has 4 aromatic rings. The molecular formula is C26H28N6O3. The number of fused-ring (bicyclic) bond motifs is 1. The minimum absolute atomic E-state index is 0.231. The van der Waals surface area contributed by atoms with Gasteiger partial charge in [-0.2, -0.15) is 0 Å². The summed E-state index contributed by atoms with van der Waals surface area (Å²) in [4.78, 5) is 24.7. The number of nitrogens with one attached hydrogen (secondary N) is 2. The predicted molar refractivity (Wildman–Crippen MR) is 135 cm³/mol. The molecule has 0 unspecified atom stereocenters. The Labute approximate surface area is 203 Å². The number of rotatable bonds is 9. The molecule has 9 nitrogen and oxygen atoms in total. The van der Waals surface area contributed by atoms with Gasteiger partial charge in [0, 0.05) is 22.7 Å². The molecule has 4 N–H and O–H groups in total. The predicted octanol–water partition coefficient (Wildman–Crippen LogP) is 4.81. The van der Waals surface area contributed by atoms with E-state index >= 15 is 0 Å². The minimum atomic E-state index is -0.474. The van der Waals surface area contributed by atoms with Crippen LogP contribution in [0.25, 0.3) is 10.8 Å². The van der Waals surface area contributed by atoms with Gasteiger partial charge in [0.2, 0.25) is 0 Å². The molecule has 2 heterocycles. The third kappa shape index (κ3) is 6.57. The number of carbonyl (C=O) groups excluding carboxylic acids is 1. The van der Waals surface area contributed by atoms with E-state index in [2.05, 4.69) is 25.6 Å². The Balaban J connectivity index is 1.33. The van der Waals surface area contributed by atoms with Gasteiger partial charge < -0.3 is 25.8 Å². The second-order valence-electron chi connectivity index (χ2n) is 8.40. The van der Waals surface area contributed by atoms with Gasteiger partial charge in [0.1, 0.15) is 24.0 Å². The van der Waals surface area contributed by atoms with Crippen molar-refractivity contribution in [2.75, 3.05) is 17.7 Å². The molecule has 4 rings (SSSR count). The van der Waals surface area contributed by atoms with Crippen molar-refractivity contribution >= 4 is 34.2 Å². The highest BCUT2D eigenvalue weighted by Gasteiger charge is 2.07. The molecule has 1 amide bonds. The van der Waals surface area contributed by atoms with Gasteiger partial charge in [-0.1, -0.05) is 38.1 Å². The Bertz CT molecular complexity index is 1290. The minimum Gasteiger partial charge on any atom is -0.488 e. The molecule has 0 saturated carbocycles. The van der Waals surface area contributed by atoms with E-state index < -0.39 is 6.09 Å². The second-order valence-corrected chi connectivity index (χ2v) is 8.40. The summed E-state index contributed by atoms with van der Waals surface area (Å²) in [6.45, 7) is 4.92. The molecule has 35 heavy (non-hydrogen) atoms. The maximum Gasteiger partial charge on any atom is 0.407 e. The quantitative estimate of drug-likeness (QED) is 0.296. The zero-order chi connectivity index (χ0) is 24.6. The zero-order valence-corrected chi connectivity index (χ0v) is 19.7. The van der Waals surface area contributed by atoms with Gasteiger partial charge in [-0.15, -0.1) is 0 Å². The average Bonchev–Trinajstić information content (AvgIpc) is 2.87. The number of nitrogens with two attached hydrogens (primary N) is 1. The van der Waals surface area contributed by atoms with Gasteiger partial charge in [0.05, 0.1) is 31.2 Å². The first kappa shape index (κ1) is 23.7. The molecule has 180 valence electrons. The number of hydrogen-bond donors (Lipinski definition) is 3. The van der Waals surface area contributed by atoms with Crippen LogP contribution in [0.15, 0.2) is 67.1 Å². The van der Waals surface area contributed by atoms with Crippen LogP contribution in [0.5, 0.6) is 5.75 Å². The van der Waals surface area contributed by atoms with Crippen molar-refractivity contribution in [1.82, 2.24) is 20.3 Å². The lowest BCUT2D eigenvalue weighted by Gasteiger charge is -2.12. The highest BCUT2D eigenvalue weighted by Crippen LogP contribution is 2.30. The molecule has 9 heteroatoms. The van der Waals surface area contributed by atoms with Crippen LogP contribution in [0.3, 0.4) is 0 Å². The summed E-state index contributed by atoms with van der Waals surface area (Å²) < 4.78 is 11.2. The number of hydrogen-bond acceptors (Lipinski definition) is 8. The monoisotopic (exact) mass is 472 g/mol. The number of nitrogens with zero attached hydrogens (tertiary/aromatic N) is 3. The van der Waals surface area contributed by atoms with Crippen molar-refractivity contribution < 1.29 is 14.3 Å². The fourth-order valence-electron chi connectivity index (χ4n) is 3.31. The van der Waals surface area contributed by atoms with Gasteiger partial charge in [-0.3, -0.25) is 4.98 Å². The molecule has 2 aromatic heterocycles. The number of pyridine rings is 1. The van der Waals surface area contributed by atoms with E-state index in [9.17, 15) is 4.79 Å². The smallest absolute Gasteiger partial charge is 0.407 e. The standard InChI is InChI=1S/C26H28N6O3/c1-17(2)15-35-26(33)31-13-19-12-30-25(14-29-19)32-24-11-18(9-10-28-24)16-34-23-8-7-22(27)20-5-3-4-6-21(20)23/h3-12,14,17H,13,15-16,27H2,1-2H3,(H,31,33)(H,28,30,32). The van der Waals surface area contributed by atoms with E-state index in [1.807, 2.05) is 62.4 Å². The normalized spacial score (nSPS) is 10.8. The summed E-state index contributed by atoms with van der Waals surface area (Å²) in [5.74, 6) is 2.20. The lowest BCUT2D eigenvalue weighted by atomic mass is 10.1. The van der Waals surface area contributed by atoms with Crippen LogP contribution in [0.1, 0.15) is 25.1 Å². The Morgan fingerprint density at radius 3 is 2.60 bits per heavy atom. The van der Waals surface area contributed by atoms with Crippen LogP contribution < -0.4 is 21.1 Å². The van der Waals surface area contributed by atoms with Crippen LogP contribution in [-0.2, 0) is 17.9 Å². The van der Waals surface area contributed by atoms with E-state index in [1.54, 1.807) is 18.6 Å². The maximum absolute atomic E-state index is 11.7. The molecule has 0 bridgehead atoms. The molecule has 0 spiro atoms. The van der Waals surface area contributed by atoms with Crippen LogP contribution >= 0.6 is 0 Å². The summed E-state index contributed by atoms with van der Waals surface area (Å²) in [6, 6.07) is 15.4. The van der Waals surface area contributed by atoms with Crippen LogP contribution in [-0.4, -0.2) is 27.7 Å². The lowest BCUT2D eigenvalue weighted by molar-refractivity contribution is 0.132. The van der Waals surface area contributed by atoms with Crippen LogP contribution in [0.2, 0.25) is 0 Å². The number of aromatic nitrogens is 3. The Hall–Kier alpha value is -4.40. The maximum atomic E-state index is 11.7. The summed E-state index contributed by atoms with van der Waals surface area (Å²) in [7, 11) is 0. The van der Waals surface area contributed by atoms with E-state index in [1.165, 1.54) is 0 Å². The van der Waals surface area contributed by atoms with Gasteiger partial charge in [0.25, 0.3) is 0 Å². The number of anilines is 3. The van der Waals surface area contributed by atoms with Crippen LogP contribution in [0, 0.1) is 5.92 Å². The zero-order valence-electron chi connectivity index (χ0n) is 19.7. The Kier molecular flexibility index (Phi) is 7.57. The van der Waals surface area contributed by atoms with E-state index in [0.717, 1.165) is 27.8 Å². The van der Waals surface area contributed by atoms with Crippen molar-refractivity contribution in [3.8, 4) is 5.75 Å². The van der Waals surface area contributed by atoms with Gasteiger partial charge >= 0.3 is 6.09 Å². The van der Waals surface area contributed by atoms with Crippen molar-refractivity contribution in [1.29, 1.82) is 0 Å². The molecule has 0 radical (unpaired) electrons. The van der Waals surface area contributed by atoms with E-state index in [4.69, 9.17) is 15.2 Å². The Morgan fingerprint density at radius 2 is 1.83 bits per heavy atom. The van der Waals surface area contributed by atoms with Gasteiger partial charge in [-0.05, 0) is 35.7 Å². The summed E-state index contributed by atoms with van der Waals surface area (Å²) in [5.41, 5.74) is 8.35. The van der Waals surface area contributed by atoms with Crippen molar-refractivity contribution in [2.45, 2.75) is 27.0 Å². The fraction of sp³-hybridized carbons (Fsp3) is 0.231. The topological polar surface area (TPSA) is 124 Å². The van der Waals surface area contributed by atoms with Gasteiger partial charge in [-0.25, -0.2) is 14.8 Å². The second kappa shape index (κ2) is 11.1. The number of amides is 1. The van der Waals surface area contributed by atoms with E-state index in [-0.39, 0.29) is 12.5 Å². The number of benzene rings is 2. The largest absolute Gasteiger partial charge is 0.488 e. The third-order valence-electron chi connectivity index (χ3n) is 5.06. The van der Waals surface area contributed by atoms with Crippen molar-refractivity contribution in [2.24, 2.45) is 5.92 Å². The third-order valence-corrected chi connectivity index (χ3v) is 5.06. The number of ether oxygens (including phenoxy) is 2. The highest BCUT2D eigenvalue weighted by atomic mass is 16.5. The molecule has 2 aromatic carbocycles. The number of alkyl carbamates (subject to hydrolysis) is 1. The van der Waals surface area contributed by atoms with E-state index in [0.29, 0.717) is 30.5 Å². The molecule has 0 aliphatic carbocycles. The van der Waals surface area contributed by atoms with Crippen LogP contribution in [0.4, 0.5) is 22.1 Å². The average molecular weight is 473 g/mol. The summed E-state index contributed by atoms with van der Waals surface area (Å²) in [5, 5.41) is 7.73. The molecule has 0 fully saturated rings. The Morgan fingerprint density at radius 1 is 1.00 bits per heavy atom. The fourth-order valence-corrected chi connectivity index (χ4v) is 3.31.